The average Bonchev–Trinajstić information content (AvgIpc) is 2.16. The number of aliphatic hydroxyl groups excluding tert-OH is 1. The number of carboxylic acid groups (broad SMARTS) is 1. The highest BCUT2D eigenvalue weighted by Gasteiger charge is 2.27. The Morgan fingerprint density at radius 3 is 2.60 bits per heavy atom. The van der Waals surface area contributed by atoms with Crippen LogP contribution < -0.4 is 0 Å². The highest BCUT2D eigenvalue weighted by atomic mass is 79.9. The quantitative estimate of drug-likeness (QED) is 0.643. The highest BCUT2D eigenvalue weighted by molar-refractivity contribution is 9.10. The van der Waals surface area contributed by atoms with E-state index in [0.29, 0.717) is 0 Å². The van der Waals surface area contributed by atoms with Gasteiger partial charge in [0.15, 0.2) is 6.10 Å². The summed E-state index contributed by atoms with van der Waals surface area (Å²) in [7, 11) is 0. The number of hydrogen-bond donors (Lipinski definition) is 2. The molecule has 0 saturated heterocycles. The molecule has 0 radical (unpaired) electrons. The van der Waals surface area contributed by atoms with Crippen molar-refractivity contribution in [2.75, 3.05) is 0 Å². The van der Waals surface area contributed by atoms with Crippen molar-refractivity contribution in [2.24, 2.45) is 0 Å². The van der Waals surface area contributed by atoms with E-state index < -0.39 is 22.7 Å². The van der Waals surface area contributed by atoms with Crippen LogP contribution in [0.2, 0.25) is 0 Å². The van der Waals surface area contributed by atoms with Crippen molar-refractivity contribution in [2.45, 2.75) is 6.10 Å². The van der Waals surface area contributed by atoms with E-state index in [1.165, 1.54) is 12.1 Å². The molecule has 80 valence electrons. The Morgan fingerprint density at radius 1 is 1.53 bits per heavy atom. The van der Waals surface area contributed by atoms with Crippen molar-refractivity contribution in [1.82, 2.24) is 0 Å². The normalized spacial score (nSPS) is 12.1. The molecule has 2 N–H and O–H groups in total. The van der Waals surface area contributed by atoms with E-state index in [2.05, 4.69) is 15.9 Å². The number of aliphatic carboxylic acids is 1. The van der Waals surface area contributed by atoms with Crippen LogP contribution in [0.5, 0.6) is 0 Å². The third-order valence-corrected chi connectivity index (χ3v) is 2.43. The number of rotatable bonds is 3. The topological polar surface area (TPSA) is 101 Å². The van der Waals surface area contributed by atoms with E-state index in [9.17, 15) is 20.0 Å². The molecule has 1 atom stereocenters. The van der Waals surface area contributed by atoms with E-state index in [0.717, 1.165) is 6.07 Å². The summed E-state index contributed by atoms with van der Waals surface area (Å²) < 4.78 is 0.187. The Hall–Kier alpha value is -1.47. The SMILES string of the molecule is O=C(O)[C@@H](O)c1c(Br)cccc1[N+](=O)[O-]. The molecule has 1 rings (SSSR count). The van der Waals surface area contributed by atoms with Gasteiger partial charge in [0.05, 0.1) is 10.5 Å². The van der Waals surface area contributed by atoms with Crippen LogP contribution in [-0.2, 0) is 4.79 Å². The number of aliphatic hydroxyl groups is 1. The number of nitrogens with zero attached hydrogens (tertiary/aromatic N) is 1. The number of carboxylic acids is 1. The zero-order valence-corrected chi connectivity index (χ0v) is 8.84. The summed E-state index contributed by atoms with van der Waals surface area (Å²) in [5.41, 5.74) is -0.686. The molecule has 0 bridgehead atoms. The number of benzene rings is 1. The molecule has 0 aromatic heterocycles. The summed E-state index contributed by atoms with van der Waals surface area (Å²) in [5, 5.41) is 28.4. The Bertz CT molecular complexity index is 419. The van der Waals surface area contributed by atoms with Gasteiger partial charge in [0.1, 0.15) is 0 Å². The van der Waals surface area contributed by atoms with Crippen molar-refractivity contribution in [1.29, 1.82) is 0 Å². The number of halogens is 1. The van der Waals surface area contributed by atoms with Crippen molar-refractivity contribution in [3.63, 3.8) is 0 Å². The van der Waals surface area contributed by atoms with E-state index in [-0.39, 0.29) is 10.0 Å². The third kappa shape index (κ3) is 2.31. The molecular formula is C8H6BrNO5. The zero-order valence-electron chi connectivity index (χ0n) is 7.25. The van der Waals surface area contributed by atoms with Gasteiger partial charge in [-0.25, -0.2) is 4.79 Å². The van der Waals surface area contributed by atoms with Gasteiger partial charge in [-0.3, -0.25) is 10.1 Å². The second-order valence-corrected chi connectivity index (χ2v) is 3.52. The van der Waals surface area contributed by atoms with Crippen LogP contribution in [-0.4, -0.2) is 21.1 Å². The molecule has 1 aromatic rings. The van der Waals surface area contributed by atoms with E-state index in [1.807, 2.05) is 0 Å². The molecule has 15 heavy (non-hydrogen) atoms. The maximum absolute atomic E-state index is 10.6. The Balaban J connectivity index is 3.37. The zero-order chi connectivity index (χ0) is 11.6. The molecule has 0 heterocycles. The lowest BCUT2D eigenvalue weighted by Gasteiger charge is -2.08. The van der Waals surface area contributed by atoms with Gasteiger partial charge >= 0.3 is 5.97 Å². The van der Waals surface area contributed by atoms with Crippen molar-refractivity contribution in [3.8, 4) is 0 Å². The number of carbonyl (C=O) groups is 1. The molecule has 0 spiro atoms. The second-order valence-electron chi connectivity index (χ2n) is 2.67. The fourth-order valence-corrected chi connectivity index (χ4v) is 1.65. The van der Waals surface area contributed by atoms with Crippen LogP contribution in [0.4, 0.5) is 5.69 Å². The Labute approximate surface area is 92.4 Å². The molecule has 0 saturated carbocycles. The highest BCUT2D eigenvalue weighted by Crippen LogP contribution is 2.32. The summed E-state index contributed by atoms with van der Waals surface area (Å²) in [5.74, 6) is -1.54. The second kappa shape index (κ2) is 4.37. The number of hydrogen-bond acceptors (Lipinski definition) is 4. The summed E-state index contributed by atoms with van der Waals surface area (Å²) >= 11 is 2.96. The number of nitro benzene ring substituents is 1. The predicted octanol–water partition coefficient (Wildman–Crippen LogP) is 1.48. The summed E-state index contributed by atoms with van der Waals surface area (Å²) in [6.45, 7) is 0. The monoisotopic (exact) mass is 275 g/mol. The first-order chi connectivity index (χ1) is 6.95. The van der Waals surface area contributed by atoms with Crippen molar-refractivity contribution >= 4 is 27.6 Å². The Kier molecular flexibility index (Phi) is 3.38. The molecule has 6 nitrogen and oxygen atoms in total. The lowest BCUT2D eigenvalue weighted by Crippen LogP contribution is -2.13. The third-order valence-electron chi connectivity index (χ3n) is 1.73. The lowest BCUT2D eigenvalue weighted by molar-refractivity contribution is -0.386. The van der Waals surface area contributed by atoms with Gasteiger partial charge in [0.25, 0.3) is 5.69 Å². The predicted molar refractivity (Wildman–Crippen MR) is 53.4 cm³/mol. The number of nitro groups is 1. The van der Waals surface area contributed by atoms with Crippen LogP contribution in [0.3, 0.4) is 0 Å². The molecule has 0 aliphatic rings. The standard InChI is InChI=1S/C8H6BrNO5/c9-4-2-1-3-5(10(14)15)6(4)7(11)8(12)13/h1-3,7,11H,(H,12,13)/t7-/m0/s1. The smallest absolute Gasteiger partial charge is 0.337 e. The maximum atomic E-state index is 10.6. The minimum absolute atomic E-state index is 0.187. The first kappa shape index (κ1) is 11.6. The van der Waals surface area contributed by atoms with Gasteiger partial charge < -0.3 is 10.2 Å². The molecule has 1 aromatic carbocycles. The van der Waals surface area contributed by atoms with Crippen LogP contribution in [0.1, 0.15) is 11.7 Å². The average molecular weight is 276 g/mol. The van der Waals surface area contributed by atoms with Crippen LogP contribution in [0, 0.1) is 10.1 Å². The first-order valence-electron chi connectivity index (χ1n) is 3.79. The molecule has 0 aliphatic carbocycles. The van der Waals surface area contributed by atoms with Gasteiger partial charge in [-0.05, 0) is 6.07 Å². The van der Waals surface area contributed by atoms with Crippen LogP contribution in [0.15, 0.2) is 22.7 Å². The van der Waals surface area contributed by atoms with Crippen molar-refractivity contribution in [3.05, 3.63) is 38.3 Å². The first-order valence-corrected chi connectivity index (χ1v) is 4.58. The van der Waals surface area contributed by atoms with Gasteiger partial charge in [0, 0.05) is 10.5 Å². The van der Waals surface area contributed by atoms with E-state index in [4.69, 9.17) is 5.11 Å². The summed E-state index contributed by atoms with van der Waals surface area (Å²) in [4.78, 5) is 20.4. The fraction of sp³-hybridized carbons (Fsp3) is 0.125. The lowest BCUT2D eigenvalue weighted by atomic mass is 10.1. The molecular weight excluding hydrogens is 270 g/mol. The minimum Gasteiger partial charge on any atom is -0.479 e. The van der Waals surface area contributed by atoms with Gasteiger partial charge in [-0.1, -0.05) is 22.0 Å². The molecule has 0 aliphatic heterocycles. The minimum atomic E-state index is -1.92. The largest absolute Gasteiger partial charge is 0.479 e. The Morgan fingerprint density at radius 2 is 2.13 bits per heavy atom. The van der Waals surface area contributed by atoms with Gasteiger partial charge in [-0.2, -0.15) is 0 Å². The van der Waals surface area contributed by atoms with E-state index in [1.54, 1.807) is 0 Å². The fourth-order valence-electron chi connectivity index (χ4n) is 1.08. The molecule has 7 heteroatoms. The van der Waals surface area contributed by atoms with Gasteiger partial charge in [0.2, 0.25) is 0 Å². The summed E-state index contributed by atoms with van der Waals surface area (Å²) in [6.07, 6.45) is -1.92. The molecule has 0 unspecified atom stereocenters. The van der Waals surface area contributed by atoms with Crippen LogP contribution >= 0.6 is 15.9 Å². The molecule has 0 amide bonds. The summed E-state index contributed by atoms with van der Waals surface area (Å²) in [6, 6.07) is 3.95. The van der Waals surface area contributed by atoms with E-state index >= 15 is 0 Å². The molecule has 0 fully saturated rings. The van der Waals surface area contributed by atoms with Gasteiger partial charge in [-0.15, -0.1) is 0 Å². The van der Waals surface area contributed by atoms with Crippen LogP contribution in [0.25, 0.3) is 0 Å². The maximum Gasteiger partial charge on any atom is 0.337 e. The van der Waals surface area contributed by atoms with Crippen molar-refractivity contribution < 1.29 is 19.9 Å².